The van der Waals surface area contributed by atoms with E-state index in [0.717, 1.165) is 6.54 Å². The lowest BCUT2D eigenvalue weighted by Crippen LogP contribution is -2.32. The number of benzene rings is 1. The normalized spacial score (nSPS) is 11.7. The van der Waals surface area contributed by atoms with E-state index in [1.807, 2.05) is 23.1 Å². The molecule has 2 heteroatoms. The van der Waals surface area contributed by atoms with E-state index in [9.17, 15) is 4.79 Å². The number of carbonyl (C=O) groups is 1. The van der Waals surface area contributed by atoms with E-state index in [-0.39, 0.29) is 5.91 Å². The number of allylic oxidation sites excluding steroid dienone is 1. The maximum absolute atomic E-state index is 11.5. The lowest BCUT2D eigenvalue weighted by molar-refractivity contribution is -0.128. The topological polar surface area (TPSA) is 20.3 Å². The van der Waals surface area contributed by atoms with Gasteiger partial charge in [0.2, 0.25) is 5.91 Å². The van der Waals surface area contributed by atoms with E-state index >= 15 is 0 Å². The zero-order valence-corrected chi connectivity index (χ0v) is 11.8. The highest BCUT2D eigenvalue weighted by molar-refractivity contribution is 5.74. The molecule has 0 unspecified atom stereocenters. The minimum absolute atomic E-state index is 0.140. The van der Waals surface area contributed by atoms with Gasteiger partial charge in [-0.2, -0.15) is 0 Å². The van der Waals surface area contributed by atoms with Crippen LogP contribution in [0, 0.1) is 5.92 Å². The summed E-state index contributed by atoms with van der Waals surface area (Å²) < 4.78 is 0. The SMILES string of the molecule is CC(=O)N(CC=C(C)c1ccccc1)CC(C)C. The van der Waals surface area contributed by atoms with Gasteiger partial charge in [-0.15, -0.1) is 0 Å². The summed E-state index contributed by atoms with van der Waals surface area (Å²) in [6.07, 6.45) is 2.12. The van der Waals surface area contributed by atoms with Crippen molar-refractivity contribution in [2.45, 2.75) is 27.7 Å². The smallest absolute Gasteiger partial charge is 0.219 e. The highest BCUT2D eigenvalue weighted by Crippen LogP contribution is 2.13. The quantitative estimate of drug-likeness (QED) is 0.776. The third kappa shape index (κ3) is 4.74. The predicted molar refractivity (Wildman–Crippen MR) is 77.2 cm³/mol. The molecule has 0 bridgehead atoms. The molecule has 0 saturated carbocycles. The highest BCUT2D eigenvalue weighted by Gasteiger charge is 2.08. The second-order valence-corrected chi connectivity index (χ2v) is 5.07. The Morgan fingerprint density at radius 1 is 1.22 bits per heavy atom. The van der Waals surface area contributed by atoms with Gasteiger partial charge in [0.25, 0.3) is 0 Å². The number of carbonyl (C=O) groups excluding carboxylic acids is 1. The van der Waals surface area contributed by atoms with Crippen molar-refractivity contribution in [1.82, 2.24) is 4.90 Å². The molecule has 0 saturated heterocycles. The van der Waals surface area contributed by atoms with Crippen molar-refractivity contribution in [1.29, 1.82) is 0 Å². The molecule has 0 spiro atoms. The van der Waals surface area contributed by atoms with Crippen molar-refractivity contribution in [3.63, 3.8) is 0 Å². The maximum Gasteiger partial charge on any atom is 0.219 e. The van der Waals surface area contributed by atoms with E-state index in [1.54, 1.807) is 6.92 Å². The molecule has 1 amide bonds. The molecule has 0 N–H and O–H groups in total. The molecule has 0 aliphatic heterocycles. The molecule has 18 heavy (non-hydrogen) atoms. The number of rotatable bonds is 5. The van der Waals surface area contributed by atoms with Crippen molar-refractivity contribution in [3.8, 4) is 0 Å². The number of amides is 1. The third-order valence-corrected chi connectivity index (χ3v) is 2.88. The van der Waals surface area contributed by atoms with Gasteiger partial charge in [0, 0.05) is 20.0 Å². The summed E-state index contributed by atoms with van der Waals surface area (Å²) in [6.45, 7) is 9.48. The molecule has 0 heterocycles. The Bertz CT molecular complexity index is 406. The van der Waals surface area contributed by atoms with E-state index in [4.69, 9.17) is 0 Å². The van der Waals surface area contributed by atoms with E-state index in [2.05, 4.69) is 39.0 Å². The lowest BCUT2D eigenvalue weighted by Gasteiger charge is -2.21. The number of hydrogen-bond donors (Lipinski definition) is 0. The predicted octanol–water partition coefficient (Wildman–Crippen LogP) is 3.59. The van der Waals surface area contributed by atoms with Crippen molar-refractivity contribution >= 4 is 11.5 Å². The molecule has 2 nitrogen and oxygen atoms in total. The van der Waals surface area contributed by atoms with E-state index < -0.39 is 0 Å². The van der Waals surface area contributed by atoms with Gasteiger partial charge >= 0.3 is 0 Å². The Kier molecular flexibility index (Phi) is 5.63. The first-order valence-corrected chi connectivity index (χ1v) is 6.48. The van der Waals surface area contributed by atoms with Crippen LogP contribution in [0.2, 0.25) is 0 Å². The third-order valence-electron chi connectivity index (χ3n) is 2.88. The first-order chi connectivity index (χ1) is 8.50. The van der Waals surface area contributed by atoms with Crippen LogP contribution in [-0.2, 0) is 4.79 Å². The van der Waals surface area contributed by atoms with Crippen LogP contribution in [0.25, 0.3) is 5.57 Å². The molecule has 0 atom stereocenters. The van der Waals surface area contributed by atoms with Gasteiger partial charge in [0.1, 0.15) is 0 Å². The van der Waals surface area contributed by atoms with Crippen LogP contribution in [-0.4, -0.2) is 23.9 Å². The largest absolute Gasteiger partial charge is 0.339 e. The zero-order chi connectivity index (χ0) is 13.5. The van der Waals surface area contributed by atoms with Gasteiger partial charge in [0.15, 0.2) is 0 Å². The second-order valence-electron chi connectivity index (χ2n) is 5.07. The Hall–Kier alpha value is -1.57. The molecule has 1 aromatic carbocycles. The van der Waals surface area contributed by atoms with Crippen LogP contribution < -0.4 is 0 Å². The molecule has 0 fully saturated rings. The summed E-state index contributed by atoms with van der Waals surface area (Å²) in [5.41, 5.74) is 2.43. The number of hydrogen-bond acceptors (Lipinski definition) is 1. The molecule has 0 aromatic heterocycles. The first kappa shape index (κ1) is 14.5. The molecular weight excluding hydrogens is 222 g/mol. The van der Waals surface area contributed by atoms with Gasteiger partial charge in [-0.1, -0.05) is 50.3 Å². The van der Waals surface area contributed by atoms with Gasteiger partial charge in [-0.25, -0.2) is 0 Å². The molecule has 1 rings (SSSR count). The van der Waals surface area contributed by atoms with Crippen molar-refractivity contribution < 1.29 is 4.79 Å². The average molecular weight is 245 g/mol. The maximum atomic E-state index is 11.5. The minimum Gasteiger partial charge on any atom is -0.339 e. The van der Waals surface area contributed by atoms with Crippen molar-refractivity contribution in [2.24, 2.45) is 5.92 Å². The van der Waals surface area contributed by atoms with Crippen LogP contribution in [0.4, 0.5) is 0 Å². The summed E-state index contributed by atoms with van der Waals surface area (Å²) in [6, 6.07) is 10.3. The summed E-state index contributed by atoms with van der Waals surface area (Å²) in [4.78, 5) is 13.4. The van der Waals surface area contributed by atoms with Crippen LogP contribution in [0.5, 0.6) is 0 Å². The summed E-state index contributed by atoms with van der Waals surface area (Å²) in [5, 5.41) is 0. The van der Waals surface area contributed by atoms with Crippen LogP contribution in [0.15, 0.2) is 36.4 Å². The fourth-order valence-electron chi connectivity index (χ4n) is 1.84. The molecule has 0 radical (unpaired) electrons. The lowest BCUT2D eigenvalue weighted by atomic mass is 10.1. The van der Waals surface area contributed by atoms with Gasteiger partial charge in [0.05, 0.1) is 0 Å². The summed E-state index contributed by atoms with van der Waals surface area (Å²) >= 11 is 0. The number of nitrogens with zero attached hydrogens (tertiary/aromatic N) is 1. The molecule has 0 aliphatic rings. The first-order valence-electron chi connectivity index (χ1n) is 6.48. The Labute approximate surface area is 110 Å². The van der Waals surface area contributed by atoms with Gasteiger partial charge < -0.3 is 4.90 Å². The monoisotopic (exact) mass is 245 g/mol. The Balaban J connectivity index is 2.68. The standard InChI is InChI=1S/C16H23NO/c1-13(2)12-17(15(4)18)11-10-14(3)16-8-6-5-7-9-16/h5-10,13H,11-12H2,1-4H3. The second kappa shape index (κ2) is 7.00. The minimum atomic E-state index is 0.140. The highest BCUT2D eigenvalue weighted by atomic mass is 16.2. The Morgan fingerprint density at radius 2 is 1.83 bits per heavy atom. The van der Waals surface area contributed by atoms with E-state index in [1.165, 1.54) is 11.1 Å². The zero-order valence-electron chi connectivity index (χ0n) is 11.8. The Morgan fingerprint density at radius 3 is 2.33 bits per heavy atom. The fourth-order valence-corrected chi connectivity index (χ4v) is 1.84. The molecule has 98 valence electrons. The summed E-state index contributed by atoms with van der Waals surface area (Å²) in [7, 11) is 0. The molecule has 0 aliphatic carbocycles. The van der Waals surface area contributed by atoms with E-state index in [0.29, 0.717) is 12.5 Å². The van der Waals surface area contributed by atoms with Crippen LogP contribution in [0.3, 0.4) is 0 Å². The summed E-state index contributed by atoms with van der Waals surface area (Å²) in [5.74, 6) is 0.639. The van der Waals surface area contributed by atoms with Crippen LogP contribution >= 0.6 is 0 Å². The fraction of sp³-hybridized carbons (Fsp3) is 0.438. The molecular formula is C16H23NO. The van der Waals surface area contributed by atoms with Gasteiger partial charge in [-0.05, 0) is 24.0 Å². The van der Waals surface area contributed by atoms with Gasteiger partial charge in [-0.3, -0.25) is 4.79 Å². The van der Waals surface area contributed by atoms with Crippen molar-refractivity contribution in [3.05, 3.63) is 42.0 Å². The van der Waals surface area contributed by atoms with Crippen LogP contribution in [0.1, 0.15) is 33.3 Å². The molecule has 1 aromatic rings. The average Bonchev–Trinajstić information content (AvgIpc) is 2.34. The van der Waals surface area contributed by atoms with Crippen molar-refractivity contribution in [2.75, 3.05) is 13.1 Å².